The molecule has 0 aromatic heterocycles. The maximum Gasteiger partial charge on any atom is 0.405 e. The fraction of sp³-hybridized carbons (Fsp3) is 0.778. The topological polar surface area (TPSA) is 66.4 Å². The van der Waals surface area contributed by atoms with E-state index in [1.807, 2.05) is 0 Å². The van der Waals surface area contributed by atoms with E-state index in [1.165, 1.54) is 0 Å². The van der Waals surface area contributed by atoms with Crippen molar-refractivity contribution in [2.24, 2.45) is 0 Å². The van der Waals surface area contributed by atoms with E-state index >= 15 is 0 Å². The summed E-state index contributed by atoms with van der Waals surface area (Å²) < 4.78 is 0. The number of hydrogen-bond donors (Lipinski definition) is 2. The van der Waals surface area contributed by atoms with E-state index in [0.717, 1.165) is 19.3 Å². The van der Waals surface area contributed by atoms with Gasteiger partial charge in [-0.3, -0.25) is 0 Å². The highest BCUT2D eigenvalue weighted by Gasteiger charge is 2.24. The van der Waals surface area contributed by atoms with E-state index < -0.39 is 11.6 Å². The second-order valence-corrected chi connectivity index (χ2v) is 3.42. The summed E-state index contributed by atoms with van der Waals surface area (Å²) in [5.41, 5.74) is -0.916. The normalized spacial score (nSPS) is 14.6. The molecule has 13 heavy (non-hydrogen) atoms. The average Bonchev–Trinajstić information content (AvgIpc) is 2.04. The maximum atomic E-state index is 10.6. The summed E-state index contributed by atoms with van der Waals surface area (Å²) in [6.45, 7) is 3.66. The van der Waals surface area contributed by atoms with Crippen LogP contribution in [0, 0.1) is 0 Å². The number of nitrogens with one attached hydrogen (secondary N) is 1. The number of hydrogen-bond acceptors (Lipinski definition) is 2. The van der Waals surface area contributed by atoms with Crippen molar-refractivity contribution in [3.8, 4) is 0 Å². The molecule has 0 radical (unpaired) electrons. The third kappa shape index (κ3) is 5.22. The van der Waals surface area contributed by atoms with Gasteiger partial charge in [-0.05, 0) is 13.3 Å². The van der Waals surface area contributed by atoms with Crippen LogP contribution in [-0.4, -0.2) is 23.0 Å². The minimum Gasteiger partial charge on any atom is -0.465 e. The van der Waals surface area contributed by atoms with Crippen LogP contribution in [0.5, 0.6) is 0 Å². The summed E-state index contributed by atoms with van der Waals surface area (Å²) in [6.07, 6.45) is 3.03. The molecule has 0 spiro atoms. The number of carbonyl (C=O) groups is 2. The first-order valence-corrected chi connectivity index (χ1v) is 4.51. The summed E-state index contributed by atoms with van der Waals surface area (Å²) in [4.78, 5) is 21.0. The van der Waals surface area contributed by atoms with Crippen LogP contribution in [0.1, 0.15) is 39.5 Å². The van der Waals surface area contributed by atoms with Crippen LogP contribution in [0.2, 0.25) is 0 Å². The van der Waals surface area contributed by atoms with Crippen molar-refractivity contribution in [1.82, 2.24) is 5.32 Å². The van der Waals surface area contributed by atoms with Crippen LogP contribution in [0.15, 0.2) is 0 Å². The van der Waals surface area contributed by atoms with Crippen LogP contribution < -0.4 is 5.32 Å². The molecule has 1 unspecified atom stereocenters. The molecule has 0 aromatic rings. The van der Waals surface area contributed by atoms with Crippen LogP contribution in [-0.2, 0) is 4.79 Å². The van der Waals surface area contributed by atoms with Crippen molar-refractivity contribution in [3.05, 3.63) is 0 Å². The Morgan fingerprint density at radius 2 is 2.15 bits per heavy atom. The Labute approximate surface area is 78.3 Å². The zero-order valence-electron chi connectivity index (χ0n) is 8.17. The molecule has 0 fully saturated rings. The predicted molar refractivity (Wildman–Crippen MR) is 49.8 cm³/mol. The van der Waals surface area contributed by atoms with Crippen molar-refractivity contribution in [2.75, 3.05) is 0 Å². The second kappa shape index (κ2) is 5.56. The summed E-state index contributed by atoms with van der Waals surface area (Å²) >= 11 is 0. The number of carboxylic acid groups (broad SMARTS) is 1. The summed E-state index contributed by atoms with van der Waals surface area (Å²) in [7, 11) is 0. The van der Waals surface area contributed by atoms with E-state index in [4.69, 9.17) is 5.11 Å². The van der Waals surface area contributed by atoms with Gasteiger partial charge in [0.1, 0.15) is 6.29 Å². The smallest absolute Gasteiger partial charge is 0.405 e. The lowest BCUT2D eigenvalue weighted by molar-refractivity contribution is -0.112. The minimum absolute atomic E-state index is 0.566. The van der Waals surface area contributed by atoms with E-state index in [2.05, 4.69) is 12.2 Å². The van der Waals surface area contributed by atoms with Gasteiger partial charge in [0.15, 0.2) is 0 Å². The molecule has 0 saturated heterocycles. The van der Waals surface area contributed by atoms with Crippen LogP contribution in [0.4, 0.5) is 4.79 Å². The van der Waals surface area contributed by atoms with Gasteiger partial charge in [0.05, 0.1) is 5.54 Å². The summed E-state index contributed by atoms with van der Waals surface area (Å²) in [5, 5.41) is 10.7. The Bertz CT molecular complexity index is 182. The molecular formula is C9H17NO3. The Morgan fingerprint density at radius 3 is 2.54 bits per heavy atom. The van der Waals surface area contributed by atoms with Gasteiger partial charge in [-0.1, -0.05) is 26.2 Å². The predicted octanol–water partition coefficient (Wildman–Crippen LogP) is 1.79. The highest BCUT2D eigenvalue weighted by atomic mass is 16.4. The average molecular weight is 187 g/mol. The molecule has 0 bridgehead atoms. The van der Waals surface area contributed by atoms with Crippen molar-refractivity contribution in [1.29, 1.82) is 0 Å². The molecule has 0 rings (SSSR count). The Morgan fingerprint density at radius 1 is 1.54 bits per heavy atom. The Kier molecular flexibility index (Phi) is 5.11. The van der Waals surface area contributed by atoms with E-state index in [9.17, 15) is 9.59 Å². The van der Waals surface area contributed by atoms with E-state index in [1.54, 1.807) is 6.92 Å². The monoisotopic (exact) mass is 187 g/mol. The Balaban J connectivity index is 3.96. The van der Waals surface area contributed by atoms with Gasteiger partial charge in [0.25, 0.3) is 0 Å². The molecule has 0 aliphatic heterocycles. The van der Waals surface area contributed by atoms with Gasteiger partial charge < -0.3 is 15.2 Å². The van der Waals surface area contributed by atoms with Crippen LogP contribution in [0.3, 0.4) is 0 Å². The van der Waals surface area contributed by atoms with Crippen molar-refractivity contribution >= 4 is 12.4 Å². The molecule has 0 aliphatic carbocycles. The third-order valence-corrected chi connectivity index (χ3v) is 1.95. The minimum atomic E-state index is -1.15. The van der Waals surface area contributed by atoms with Crippen LogP contribution in [0.25, 0.3) is 0 Å². The lowest BCUT2D eigenvalue weighted by atomic mass is 9.96. The number of unbranched alkanes of at least 4 members (excludes halogenated alkanes) is 2. The summed E-state index contributed by atoms with van der Waals surface area (Å²) in [5.74, 6) is 0. The number of amides is 1. The van der Waals surface area contributed by atoms with Gasteiger partial charge in [0, 0.05) is 0 Å². The van der Waals surface area contributed by atoms with Crippen molar-refractivity contribution in [3.63, 3.8) is 0 Å². The van der Waals surface area contributed by atoms with Gasteiger partial charge in [-0.15, -0.1) is 0 Å². The highest BCUT2D eigenvalue weighted by Crippen LogP contribution is 2.12. The largest absolute Gasteiger partial charge is 0.465 e. The number of carbonyl (C=O) groups excluding carboxylic acids is 1. The first kappa shape index (κ1) is 11.9. The standard InChI is InChI=1S/C9H17NO3/c1-3-4-5-6-9(2,7-11)10-8(12)13/h7,10H,3-6H2,1-2H3,(H,12,13). The zero-order chi connectivity index (χ0) is 10.3. The van der Waals surface area contributed by atoms with Gasteiger partial charge in [-0.25, -0.2) is 4.79 Å². The van der Waals surface area contributed by atoms with E-state index in [0.29, 0.717) is 12.7 Å². The van der Waals surface area contributed by atoms with Gasteiger partial charge in [0.2, 0.25) is 0 Å². The van der Waals surface area contributed by atoms with Gasteiger partial charge >= 0.3 is 6.09 Å². The lowest BCUT2D eigenvalue weighted by Gasteiger charge is -2.22. The Hall–Kier alpha value is -1.06. The molecule has 4 nitrogen and oxygen atoms in total. The summed E-state index contributed by atoms with van der Waals surface area (Å²) in [6, 6.07) is 0. The first-order chi connectivity index (χ1) is 6.04. The fourth-order valence-corrected chi connectivity index (χ4v) is 1.14. The molecule has 76 valence electrons. The van der Waals surface area contributed by atoms with E-state index in [-0.39, 0.29) is 0 Å². The molecule has 0 aliphatic rings. The molecule has 1 atom stereocenters. The molecule has 0 heterocycles. The lowest BCUT2D eigenvalue weighted by Crippen LogP contribution is -2.46. The second-order valence-electron chi connectivity index (χ2n) is 3.42. The molecule has 0 saturated carbocycles. The van der Waals surface area contributed by atoms with Gasteiger partial charge in [-0.2, -0.15) is 0 Å². The highest BCUT2D eigenvalue weighted by molar-refractivity contribution is 5.74. The zero-order valence-corrected chi connectivity index (χ0v) is 8.17. The molecule has 0 aromatic carbocycles. The molecular weight excluding hydrogens is 170 g/mol. The van der Waals surface area contributed by atoms with Crippen molar-refractivity contribution in [2.45, 2.75) is 45.1 Å². The molecule has 4 heteroatoms. The first-order valence-electron chi connectivity index (χ1n) is 4.51. The quantitative estimate of drug-likeness (QED) is 0.492. The van der Waals surface area contributed by atoms with Crippen molar-refractivity contribution < 1.29 is 14.7 Å². The molecule has 1 amide bonds. The van der Waals surface area contributed by atoms with Crippen LogP contribution >= 0.6 is 0 Å². The number of aldehydes is 1. The number of rotatable bonds is 6. The SMILES string of the molecule is CCCCCC(C)(C=O)NC(=O)O. The maximum absolute atomic E-state index is 10.6. The fourth-order valence-electron chi connectivity index (χ4n) is 1.14. The third-order valence-electron chi connectivity index (χ3n) is 1.95. The molecule has 2 N–H and O–H groups in total.